The molecule has 0 saturated carbocycles. The fraction of sp³-hybridized carbons (Fsp3) is 0.257. The van der Waals surface area contributed by atoms with E-state index in [-0.39, 0.29) is 29.7 Å². The number of benzene rings is 4. The van der Waals surface area contributed by atoms with Crippen LogP contribution in [0.15, 0.2) is 114 Å². The zero-order valence-corrected chi connectivity index (χ0v) is 26.0. The quantitative estimate of drug-likeness (QED) is 0.204. The molecular formula is C35H36ClN3O4S. The van der Waals surface area contributed by atoms with Crippen molar-refractivity contribution in [3.63, 3.8) is 0 Å². The van der Waals surface area contributed by atoms with Gasteiger partial charge in [-0.1, -0.05) is 96.5 Å². The van der Waals surface area contributed by atoms with Gasteiger partial charge in [-0.25, -0.2) is 8.42 Å². The lowest BCUT2D eigenvalue weighted by atomic mass is 10.0. The molecule has 0 aliphatic carbocycles. The molecule has 228 valence electrons. The van der Waals surface area contributed by atoms with Crippen molar-refractivity contribution in [2.75, 3.05) is 13.1 Å². The SMILES string of the molecule is O=C(NCc1ccc(Cl)cc1)[C@@H](c1ccccc1)N(Cc1ccccc1)C(=O)CCc1ccc(S(=O)(=O)N2CCCC2)cc1. The first-order valence-corrected chi connectivity index (χ1v) is 16.6. The third-order valence-corrected chi connectivity index (χ3v) is 9.99. The van der Waals surface area contributed by atoms with E-state index in [1.54, 1.807) is 41.3 Å². The Kier molecular flexibility index (Phi) is 10.5. The van der Waals surface area contributed by atoms with Crippen molar-refractivity contribution in [2.24, 2.45) is 0 Å². The van der Waals surface area contributed by atoms with Gasteiger partial charge in [-0.2, -0.15) is 4.31 Å². The van der Waals surface area contributed by atoms with Gasteiger partial charge in [0.2, 0.25) is 21.8 Å². The number of sulfonamides is 1. The highest BCUT2D eigenvalue weighted by Gasteiger charge is 2.31. The van der Waals surface area contributed by atoms with Gasteiger partial charge in [0.1, 0.15) is 6.04 Å². The first-order chi connectivity index (χ1) is 21.3. The average molecular weight is 630 g/mol. The van der Waals surface area contributed by atoms with Crippen LogP contribution in [-0.2, 0) is 39.1 Å². The molecule has 1 aliphatic heterocycles. The van der Waals surface area contributed by atoms with Crippen LogP contribution in [0.1, 0.15) is 47.6 Å². The van der Waals surface area contributed by atoms with E-state index >= 15 is 0 Å². The van der Waals surface area contributed by atoms with E-state index < -0.39 is 16.1 Å². The molecule has 1 saturated heterocycles. The number of carbonyl (C=O) groups excluding carboxylic acids is 2. The van der Waals surface area contributed by atoms with Crippen molar-refractivity contribution in [3.8, 4) is 0 Å². The van der Waals surface area contributed by atoms with Gasteiger partial charge in [0, 0.05) is 37.6 Å². The summed E-state index contributed by atoms with van der Waals surface area (Å²) in [6.07, 6.45) is 2.31. The normalized spacial score (nSPS) is 14.2. The minimum absolute atomic E-state index is 0.152. The Bertz CT molecular complexity index is 1640. The average Bonchev–Trinajstić information content (AvgIpc) is 3.61. The fourth-order valence-corrected chi connectivity index (χ4v) is 7.04. The molecule has 1 N–H and O–H groups in total. The molecule has 2 amide bonds. The van der Waals surface area contributed by atoms with Gasteiger partial charge in [0.05, 0.1) is 4.90 Å². The summed E-state index contributed by atoms with van der Waals surface area (Å²) in [5.41, 5.74) is 3.36. The summed E-state index contributed by atoms with van der Waals surface area (Å²) < 4.78 is 27.4. The summed E-state index contributed by atoms with van der Waals surface area (Å²) in [7, 11) is -3.51. The van der Waals surface area contributed by atoms with E-state index in [9.17, 15) is 18.0 Å². The van der Waals surface area contributed by atoms with Crippen LogP contribution in [0.3, 0.4) is 0 Å². The fourth-order valence-electron chi connectivity index (χ4n) is 5.40. The van der Waals surface area contributed by atoms with Crippen LogP contribution in [0.2, 0.25) is 5.02 Å². The van der Waals surface area contributed by atoms with Crippen LogP contribution in [0.25, 0.3) is 0 Å². The number of halogens is 1. The Morgan fingerprint density at radius 2 is 1.36 bits per heavy atom. The largest absolute Gasteiger partial charge is 0.350 e. The van der Waals surface area contributed by atoms with Crippen LogP contribution >= 0.6 is 11.6 Å². The molecule has 44 heavy (non-hydrogen) atoms. The van der Waals surface area contributed by atoms with Gasteiger partial charge >= 0.3 is 0 Å². The first kappa shape index (κ1) is 31.4. The Morgan fingerprint density at radius 1 is 0.773 bits per heavy atom. The van der Waals surface area contributed by atoms with Gasteiger partial charge in [-0.15, -0.1) is 0 Å². The maximum absolute atomic E-state index is 14.0. The molecular weight excluding hydrogens is 594 g/mol. The Balaban J connectivity index is 1.36. The Morgan fingerprint density at radius 3 is 2.00 bits per heavy atom. The second kappa shape index (κ2) is 14.7. The zero-order valence-electron chi connectivity index (χ0n) is 24.4. The molecule has 7 nitrogen and oxygen atoms in total. The number of nitrogens with one attached hydrogen (secondary N) is 1. The molecule has 1 fully saturated rings. The van der Waals surface area contributed by atoms with Crippen molar-refractivity contribution in [1.82, 2.24) is 14.5 Å². The lowest BCUT2D eigenvalue weighted by Gasteiger charge is -2.32. The monoisotopic (exact) mass is 629 g/mol. The highest BCUT2D eigenvalue weighted by Crippen LogP contribution is 2.26. The summed E-state index contributed by atoms with van der Waals surface area (Å²) in [5.74, 6) is -0.468. The number of hydrogen-bond donors (Lipinski definition) is 1. The molecule has 0 aromatic heterocycles. The second-order valence-electron chi connectivity index (χ2n) is 10.9. The molecule has 9 heteroatoms. The number of rotatable bonds is 12. The molecule has 0 bridgehead atoms. The van der Waals surface area contributed by atoms with Crippen molar-refractivity contribution < 1.29 is 18.0 Å². The van der Waals surface area contributed by atoms with Crippen LogP contribution < -0.4 is 5.32 Å². The highest BCUT2D eigenvalue weighted by atomic mass is 35.5. The van der Waals surface area contributed by atoms with E-state index in [1.165, 1.54) is 4.31 Å². The maximum atomic E-state index is 14.0. The van der Waals surface area contributed by atoms with Crippen LogP contribution in [-0.4, -0.2) is 42.5 Å². The molecule has 0 unspecified atom stereocenters. The van der Waals surface area contributed by atoms with E-state index in [0.717, 1.165) is 29.5 Å². The van der Waals surface area contributed by atoms with Crippen LogP contribution in [0, 0.1) is 0 Å². The van der Waals surface area contributed by atoms with E-state index in [4.69, 9.17) is 11.6 Å². The van der Waals surface area contributed by atoms with Gasteiger partial charge < -0.3 is 10.2 Å². The number of hydrogen-bond acceptors (Lipinski definition) is 4. The lowest BCUT2D eigenvalue weighted by Crippen LogP contribution is -2.43. The van der Waals surface area contributed by atoms with Crippen molar-refractivity contribution in [1.29, 1.82) is 0 Å². The summed E-state index contributed by atoms with van der Waals surface area (Å²) in [5, 5.41) is 3.63. The molecule has 0 spiro atoms. The first-order valence-electron chi connectivity index (χ1n) is 14.8. The summed E-state index contributed by atoms with van der Waals surface area (Å²) in [4.78, 5) is 29.7. The summed E-state index contributed by atoms with van der Waals surface area (Å²) in [6, 6.07) is 32.1. The Hall–Kier alpha value is -3.98. The zero-order chi connectivity index (χ0) is 30.9. The molecule has 1 heterocycles. The third-order valence-electron chi connectivity index (χ3n) is 7.83. The predicted octanol–water partition coefficient (Wildman–Crippen LogP) is 6.14. The molecule has 5 rings (SSSR count). The van der Waals surface area contributed by atoms with Gasteiger partial charge in [0.25, 0.3) is 0 Å². The van der Waals surface area contributed by atoms with Crippen LogP contribution in [0.4, 0.5) is 0 Å². The molecule has 4 aromatic carbocycles. The minimum Gasteiger partial charge on any atom is -0.350 e. The van der Waals surface area contributed by atoms with Gasteiger partial charge in [0.15, 0.2) is 0 Å². The van der Waals surface area contributed by atoms with E-state index in [1.807, 2.05) is 72.8 Å². The number of nitrogens with zero attached hydrogens (tertiary/aromatic N) is 2. The number of carbonyl (C=O) groups is 2. The standard InChI is InChI=1S/C35H36ClN3O4S/c36-31-18-13-28(14-19-31)25-37-35(41)34(30-11-5-2-6-12-30)39(26-29-9-3-1-4-10-29)33(40)22-17-27-15-20-32(21-16-27)44(42,43)38-23-7-8-24-38/h1-6,9-16,18-21,34H,7-8,17,22-26H2,(H,37,41)/t34-/m1/s1. The number of amides is 2. The smallest absolute Gasteiger partial charge is 0.247 e. The van der Waals surface area contributed by atoms with Gasteiger partial charge in [-0.05, 0) is 65.8 Å². The summed E-state index contributed by atoms with van der Waals surface area (Å²) in [6.45, 7) is 1.64. The predicted molar refractivity (Wildman–Crippen MR) is 172 cm³/mol. The van der Waals surface area contributed by atoms with E-state index in [0.29, 0.717) is 36.6 Å². The summed E-state index contributed by atoms with van der Waals surface area (Å²) >= 11 is 6.03. The molecule has 0 radical (unpaired) electrons. The van der Waals surface area contributed by atoms with Crippen molar-refractivity contribution in [3.05, 3.63) is 136 Å². The molecule has 4 aromatic rings. The third kappa shape index (κ3) is 7.94. The van der Waals surface area contributed by atoms with Crippen molar-refractivity contribution in [2.45, 2.75) is 49.7 Å². The van der Waals surface area contributed by atoms with E-state index in [2.05, 4.69) is 5.32 Å². The molecule has 1 atom stereocenters. The van der Waals surface area contributed by atoms with Gasteiger partial charge in [-0.3, -0.25) is 9.59 Å². The topological polar surface area (TPSA) is 86.8 Å². The number of aryl methyl sites for hydroxylation is 1. The molecule has 1 aliphatic rings. The maximum Gasteiger partial charge on any atom is 0.247 e. The highest BCUT2D eigenvalue weighted by molar-refractivity contribution is 7.89. The van der Waals surface area contributed by atoms with Crippen LogP contribution in [0.5, 0.6) is 0 Å². The Labute approximate surface area is 264 Å². The second-order valence-corrected chi connectivity index (χ2v) is 13.3. The van der Waals surface area contributed by atoms with Crippen molar-refractivity contribution >= 4 is 33.4 Å². The lowest BCUT2D eigenvalue weighted by molar-refractivity contribution is -0.141. The minimum atomic E-state index is -3.51.